The van der Waals surface area contributed by atoms with Crippen LogP contribution in [0.5, 0.6) is 11.5 Å². The van der Waals surface area contributed by atoms with Crippen molar-refractivity contribution in [1.82, 2.24) is 0 Å². The van der Waals surface area contributed by atoms with Crippen molar-refractivity contribution >= 4 is 22.9 Å². The maximum atomic E-state index is 13.6. The highest BCUT2D eigenvalue weighted by Crippen LogP contribution is 2.42. The Morgan fingerprint density at radius 3 is 1.29 bits per heavy atom. The van der Waals surface area contributed by atoms with Gasteiger partial charge in [0.25, 0.3) is 0 Å². The van der Waals surface area contributed by atoms with Gasteiger partial charge in [0.05, 0.1) is 77.6 Å². The fraction of sp³-hybridized carbons (Fsp3) is 0.462. The predicted molar refractivity (Wildman–Crippen MR) is 135 cm³/mol. The van der Waals surface area contributed by atoms with Gasteiger partial charge in [-0.05, 0) is 24.3 Å². The van der Waals surface area contributed by atoms with Gasteiger partial charge < -0.3 is 29.8 Å². The number of benzene rings is 2. The number of carbonyl (C=O) groups is 2. The van der Waals surface area contributed by atoms with Gasteiger partial charge in [-0.2, -0.15) is 0 Å². The molecule has 1 aliphatic carbocycles. The van der Waals surface area contributed by atoms with Gasteiger partial charge in [-0.25, -0.2) is 0 Å². The van der Waals surface area contributed by atoms with Crippen LogP contribution in [-0.4, -0.2) is 99.2 Å². The first-order valence-electron chi connectivity index (χ1n) is 11.7. The van der Waals surface area contributed by atoms with Crippen LogP contribution in [0.15, 0.2) is 24.3 Å². The van der Waals surface area contributed by atoms with Crippen molar-refractivity contribution in [3.05, 3.63) is 46.5 Å². The van der Waals surface area contributed by atoms with Gasteiger partial charge in [-0.1, -0.05) is 0 Å². The van der Waals surface area contributed by atoms with E-state index in [0.717, 1.165) is 34.9 Å². The van der Waals surface area contributed by atoms with E-state index in [9.17, 15) is 19.8 Å². The molecule has 2 aromatic carbocycles. The fourth-order valence-electron chi connectivity index (χ4n) is 4.21. The zero-order chi connectivity index (χ0) is 25.3. The van der Waals surface area contributed by atoms with E-state index in [0.29, 0.717) is 24.5 Å². The summed E-state index contributed by atoms with van der Waals surface area (Å²) in [6.07, 6.45) is 1.73. The molecule has 34 heavy (non-hydrogen) atoms. The number of ketones is 2. The third kappa shape index (κ3) is 5.69. The second kappa shape index (κ2) is 9.64. The fourth-order valence-corrected chi connectivity index (χ4v) is 4.21. The van der Waals surface area contributed by atoms with E-state index in [-0.39, 0.29) is 33.8 Å². The summed E-state index contributed by atoms with van der Waals surface area (Å²) < 4.78 is 1.64. The molecule has 1 aliphatic rings. The van der Waals surface area contributed by atoms with Crippen LogP contribution < -0.4 is 10.6 Å². The normalized spacial score (nSPS) is 13.5. The zero-order valence-corrected chi connectivity index (χ0v) is 21.2. The van der Waals surface area contributed by atoms with Crippen molar-refractivity contribution in [3.63, 3.8) is 0 Å². The largest absolute Gasteiger partial charge is 0.507 e. The molecule has 184 valence electrons. The van der Waals surface area contributed by atoms with Gasteiger partial charge in [0.1, 0.15) is 11.5 Å². The van der Waals surface area contributed by atoms with Gasteiger partial charge in [0.2, 0.25) is 11.6 Å². The zero-order valence-electron chi connectivity index (χ0n) is 21.2. The summed E-state index contributed by atoms with van der Waals surface area (Å²) in [7, 11) is 12.7. The molecule has 0 aromatic heterocycles. The molecular formula is C26H38N4O4+2. The van der Waals surface area contributed by atoms with E-state index in [1.807, 2.05) is 0 Å². The molecule has 0 fully saturated rings. The van der Waals surface area contributed by atoms with Gasteiger partial charge in [-0.3, -0.25) is 9.59 Å². The molecule has 3 rings (SSSR count). The summed E-state index contributed by atoms with van der Waals surface area (Å²) in [5, 5.41) is 27.6. The van der Waals surface area contributed by atoms with Crippen LogP contribution >= 0.6 is 0 Å². The van der Waals surface area contributed by atoms with E-state index >= 15 is 0 Å². The van der Waals surface area contributed by atoms with Crippen LogP contribution in [-0.2, 0) is 0 Å². The number of hydrogen-bond acceptors (Lipinski definition) is 6. The van der Waals surface area contributed by atoms with E-state index in [4.69, 9.17) is 0 Å². The summed E-state index contributed by atoms with van der Waals surface area (Å²) >= 11 is 0. The van der Waals surface area contributed by atoms with Gasteiger partial charge in [0.15, 0.2) is 0 Å². The third-order valence-electron chi connectivity index (χ3n) is 5.92. The number of nitrogens with zero attached hydrogens (tertiary/aromatic N) is 2. The molecule has 2 aromatic rings. The van der Waals surface area contributed by atoms with E-state index < -0.39 is 11.6 Å². The van der Waals surface area contributed by atoms with Crippen LogP contribution in [0.1, 0.15) is 44.7 Å². The van der Waals surface area contributed by atoms with Crippen molar-refractivity contribution in [2.24, 2.45) is 0 Å². The van der Waals surface area contributed by atoms with E-state index in [1.54, 1.807) is 12.1 Å². The molecule has 4 N–H and O–H groups in total. The molecule has 0 heterocycles. The Labute approximate surface area is 202 Å². The first kappa shape index (κ1) is 25.5. The van der Waals surface area contributed by atoms with Crippen LogP contribution in [0.3, 0.4) is 0 Å². The number of anilines is 2. The number of hydrogen-bond donors (Lipinski definition) is 4. The molecule has 0 unspecified atom stereocenters. The summed E-state index contributed by atoms with van der Waals surface area (Å²) in [5.74, 6) is -1.42. The lowest BCUT2D eigenvalue weighted by atomic mass is 9.81. The van der Waals surface area contributed by atoms with Crippen molar-refractivity contribution < 1.29 is 28.8 Å². The Bertz CT molecular complexity index is 1010. The van der Waals surface area contributed by atoms with Crippen molar-refractivity contribution in [2.75, 3.05) is 79.1 Å². The van der Waals surface area contributed by atoms with Crippen LogP contribution in [0.25, 0.3) is 0 Å². The number of fused-ring (bicyclic) bond motifs is 2. The maximum absolute atomic E-state index is 13.6. The van der Waals surface area contributed by atoms with E-state index in [2.05, 4.69) is 52.9 Å². The van der Waals surface area contributed by atoms with E-state index in [1.165, 1.54) is 12.1 Å². The summed E-state index contributed by atoms with van der Waals surface area (Å²) in [4.78, 5) is 27.1. The predicted octanol–water partition coefficient (Wildman–Crippen LogP) is 2.89. The standard InChI is InChI=1S/C26H36N4O4/c1-29(2,3)15-7-13-27-17-9-11-19(31)23-21(17)25(33)24-20(32)12-10-18(22(24)26(23)34)28-14-8-16-30(4,5)6/h9-12H,7-8,13-16H2,1-6H3,(H2-2,27,28,31,32,33,34)/p+2. The number of nitrogens with one attached hydrogen (secondary N) is 2. The quantitative estimate of drug-likeness (QED) is 0.207. The van der Waals surface area contributed by atoms with Crippen LogP contribution in [0, 0.1) is 0 Å². The van der Waals surface area contributed by atoms with Gasteiger partial charge in [0, 0.05) is 37.3 Å². The lowest BCUT2D eigenvalue weighted by Gasteiger charge is -2.26. The van der Waals surface area contributed by atoms with Crippen LogP contribution in [0.2, 0.25) is 0 Å². The molecule has 0 aliphatic heterocycles. The Morgan fingerprint density at radius 1 is 0.618 bits per heavy atom. The molecule has 0 saturated carbocycles. The number of rotatable bonds is 10. The molecular weight excluding hydrogens is 432 g/mol. The third-order valence-corrected chi connectivity index (χ3v) is 5.92. The Hall–Kier alpha value is -3.10. The van der Waals surface area contributed by atoms with Gasteiger partial charge >= 0.3 is 0 Å². The number of aromatic hydroxyl groups is 2. The summed E-state index contributed by atoms with van der Waals surface area (Å²) in [5.41, 5.74) is 1.15. The topological polar surface area (TPSA) is 98.7 Å². The smallest absolute Gasteiger partial charge is 0.200 e. The Morgan fingerprint density at radius 2 is 0.971 bits per heavy atom. The monoisotopic (exact) mass is 470 g/mol. The number of quaternary nitrogens is 2. The first-order valence-corrected chi connectivity index (χ1v) is 11.7. The highest BCUT2D eigenvalue weighted by atomic mass is 16.3. The van der Waals surface area contributed by atoms with Gasteiger partial charge in [-0.15, -0.1) is 0 Å². The second-order valence-corrected chi connectivity index (χ2v) is 11.0. The molecule has 0 amide bonds. The number of phenolic OH excluding ortho intramolecular Hbond substituents is 2. The minimum absolute atomic E-state index is 0.0193. The highest BCUT2D eigenvalue weighted by molar-refractivity contribution is 6.33. The molecule has 0 saturated heterocycles. The first-order chi connectivity index (χ1) is 15.8. The summed E-state index contributed by atoms with van der Waals surface area (Å²) in [6.45, 7) is 3.10. The molecule has 0 radical (unpaired) electrons. The molecule has 0 bridgehead atoms. The molecule has 8 nitrogen and oxygen atoms in total. The highest BCUT2D eigenvalue weighted by Gasteiger charge is 2.37. The second-order valence-electron chi connectivity index (χ2n) is 11.0. The number of carbonyl (C=O) groups excluding carboxylic acids is 2. The molecule has 0 spiro atoms. The molecule has 0 atom stereocenters. The minimum atomic E-state index is -0.470. The Kier molecular flexibility index (Phi) is 7.24. The average Bonchev–Trinajstić information content (AvgIpc) is 2.72. The van der Waals surface area contributed by atoms with Crippen molar-refractivity contribution in [3.8, 4) is 11.5 Å². The Balaban J connectivity index is 1.92. The SMILES string of the molecule is C[N+](C)(C)CCCNc1ccc(O)c2c1C(=O)c1c(O)ccc(NCCC[N+](C)(C)C)c1C2=O. The minimum Gasteiger partial charge on any atom is -0.507 e. The lowest BCUT2D eigenvalue weighted by molar-refractivity contribution is -0.870. The van der Waals surface area contributed by atoms with Crippen LogP contribution in [0.4, 0.5) is 11.4 Å². The number of phenols is 2. The lowest BCUT2D eigenvalue weighted by Crippen LogP contribution is -2.36. The summed E-state index contributed by atoms with van der Waals surface area (Å²) in [6, 6.07) is 6.10. The molecule has 8 heteroatoms. The maximum Gasteiger partial charge on any atom is 0.200 e. The van der Waals surface area contributed by atoms with Crippen molar-refractivity contribution in [2.45, 2.75) is 12.8 Å². The van der Waals surface area contributed by atoms with Crippen molar-refractivity contribution in [1.29, 1.82) is 0 Å². The average molecular weight is 471 g/mol.